The molecule has 1 amide bonds. The van der Waals surface area contributed by atoms with Gasteiger partial charge in [0.15, 0.2) is 0 Å². The Morgan fingerprint density at radius 1 is 1.50 bits per heavy atom. The summed E-state index contributed by atoms with van der Waals surface area (Å²) in [6.07, 6.45) is 0.933. The molecule has 2 N–H and O–H groups in total. The normalized spacial score (nSPS) is 11.9. The number of benzene rings is 1. The van der Waals surface area contributed by atoms with Crippen molar-refractivity contribution in [2.75, 3.05) is 13.2 Å². The van der Waals surface area contributed by atoms with Gasteiger partial charge in [-0.05, 0) is 23.6 Å². The molecule has 2 aromatic rings. The second kappa shape index (κ2) is 6.80. The summed E-state index contributed by atoms with van der Waals surface area (Å²) in [5, 5.41) is 12.8. The van der Waals surface area contributed by atoms with Crippen LogP contribution >= 0.6 is 0 Å². The van der Waals surface area contributed by atoms with Gasteiger partial charge in [0.2, 0.25) is 0 Å². The summed E-state index contributed by atoms with van der Waals surface area (Å²) in [6.45, 7) is 5.76. The van der Waals surface area contributed by atoms with E-state index in [0.717, 1.165) is 5.56 Å². The van der Waals surface area contributed by atoms with E-state index in [0.29, 0.717) is 17.5 Å². The minimum atomic E-state index is -0.545. The molecule has 1 aromatic heterocycles. The number of carbonyl (C=O) groups excluding carboxylic acids is 1. The minimum absolute atomic E-state index is 0.0200. The third kappa shape index (κ3) is 3.66. The van der Waals surface area contributed by atoms with E-state index in [1.54, 1.807) is 6.07 Å². The quantitative estimate of drug-likeness (QED) is 0.654. The predicted molar refractivity (Wildman–Crippen MR) is 82.1 cm³/mol. The van der Waals surface area contributed by atoms with Crippen molar-refractivity contribution in [1.82, 2.24) is 5.32 Å². The molecule has 22 heavy (non-hydrogen) atoms. The molecule has 1 unspecified atom stereocenters. The number of ether oxygens (including phenoxy) is 1. The number of nitrogens with one attached hydrogen (secondary N) is 1. The molecule has 1 aromatic carbocycles. The molecule has 6 nitrogen and oxygen atoms in total. The fourth-order valence-electron chi connectivity index (χ4n) is 2.12. The maximum absolute atomic E-state index is 11.6. The molecule has 0 aliphatic carbocycles. The molecule has 0 radical (unpaired) electrons. The molecular weight excluding hydrogens is 286 g/mol. The molecule has 0 saturated heterocycles. The number of hydrogen-bond acceptors (Lipinski definition) is 5. The maximum atomic E-state index is 11.6. The largest absolute Gasteiger partial charge is 0.508 e. The second-order valence-electron chi connectivity index (χ2n) is 4.87. The van der Waals surface area contributed by atoms with Gasteiger partial charge in [0, 0.05) is 24.1 Å². The third-order valence-electron chi connectivity index (χ3n) is 3.18. The molecule has 6 heteroatoms. The molecule has 0 aliphatic rings. The highest BCUT2D eigenvalue weighted by molar-refractivity contribution is 5.82. The first-order valence-electron chi connectivity index (χ1n) is 6.79. The summed E-state index contributed by atoms with van der Waals surface area (Å²) >= 11 is 0. The van der Waals surface area contributed by atoms with Crippen LogP contribution in [0, 0.1) is 0 Å². The van der Waals surface area contributed by atoms with Gasteiger partial charge in [-0.3, -0.25) is 0 Å². The number of amides is 1. The summed E-state index contributed by atoms with van der Waals surface area (Å²) in [5.74, 6) is -0.112. The average molecular weight is 303 g/mol. The van der Waals surface area contributed by atoms with E-state index in [4.69, 9.17) is 9.15 Å². The van der Waals surface area contributed by atoms with Gasteiger partial charge in [-0.2, -0.15) is 0 Å². The van der Waals surface area contributed by atoms with E-state index in [9.17, 15) is 14.7 Å². The fourth-order valence-corrected chi connectivity index (χ4v) is 2.12. The van der Waals surface area contributed by atoms with Crippen LogP contribution in [0.1, 0.15) is 18.4 Å². The Labute approximate surface area is 127 Å². The van der Waals surface area contributed by atoms with E-state index < -0.39 is 11.7 Å². The van der Waals surface area contributed by atoms with Crippen LogP contribution in [0.25, 0.3) is 11.0 Å². The summed E-state index contributed by atoms with van der Waals surface area (Å²) in [5.41, 5.74) is 0.535. The van der Waals surface area contributed by atoms with Crippen molar-refractivity contribution in [3.8, 4) is 5.75 Å². The zero-order chi connectivity index (χ0) is 16.1. The summed E-state index contributed by atoms with van der Waals surface area (Å²) in [6, 6.07) is 5.97. The number of fused-ring (bicyclic) bond motifs is 1. The maximum Gasteiger partial charge on any atom is 0.407 e. The SMILES string of the molecule is C=CCOC(=O)NCC(C)c1cc(=O)oc2cc(O)ccc12. The van der Waals surface area contributed by atoms with Crippen LogP contribution < -0.4 is 10.9 Å². The lowest BCUT2D eigenvalue weighted by molar-refractivity contribution is 0.158. The molecule has 116 valence electrons. The van der Waals surface area contributed by atoms with Gasteiger partial charge >= 0.3 is 11.7 Å². The number of carbonyl (C=O) groups is 1. The molecule has 0 spiro atoms. The van der Waals surface area contributed by atoms with Gasteiger partial charge in [-0.1, -0.05) is 19.6 Å². The number of hydrogen-bond donors (Lipinski definition) is 2. The Morgan fingerprint density at radius 3 is 3.00 bits per heavy atom. The number of phenolic OH excluding ortho intramolecular Hbond substituents is 1. The van der Waals surface area contributed by atoms with E-state index in [1.165, 1.54) is 24.3 Å². The summed E-state index contributed by atoms with van der Waals surface area (Å²) in [4.78, 5) is 23.0. The highest BCUT2D eigenvalue weighted by atomic mass is 16.5. The van der Waals surface area contributed by atoms with Gasteiger partial charge in [0.1, 0.15) is 17.9 Å². The Kier molecular flexibility index (Phi) is 4.83. The van der Waals surface area contributed by atoms with Gasteiger partial charge in [0.05, 0.1) is 0 Å². The lowest BCUT2D eigenvalue weighted by Crippen LogP contribution is -2.28. The fraction of sp³-hybridized carbons (Fsp3) is 0.250. The highest BCUT2D eigenvalue weighted by Gasteiger charge is 2.14. The topological polar surface area (TPSA) is 88.8 Å². The number of phenols is 1. The van der Waals surface area contributed by atoms with Crippen LogP contribution in [0.4, 0.5) is 4.79 Å². The van der Waals surface area contributed by atoms with E-state index >= 15 is 0 Å². The van der Waals surface area contributed by atoms with Gasteiger partial charge in [-0.25, -0.2) is 9.59 Å². The number of alkyl carbamates (subject to hydrolysis) is 1. The third-order valence-corrected chi connectivity index (χ3v) is 3.18. The van der Waals surface area contributed by atoms with Gasteiger partial charge in [-0.15, -0.1) is 0 Å². The molecule has 0 aliphatic heterocycles. The first-order valence-corrected chi connectivity index (χ1v) is 6.79. The van der Waals surface area contributed by atoms with Crippen LogP contribution in [0.3, 0.4) is 0 Å². The summed E-state index contributed by atoms with van der Waals surface area (Å²) in [7, 11) is 0. The van der Waals surface area contributed by atoms with Crippen molar-refractivity contribution in [3.05, 3.63) is 52.9 Å². The Hall–Kier alpha value is -2.76. The molecule has 1 atom stereocenters. The first kappa shape index (κ1) is 15.6. The molecular formula is C16H17NO5. The van der Waals surface area contributed by atoms with Crippen LogP contribution in [-0.2, 0) is 4.74 Å². The summed E-state index contributed by atoms with van der Waals surface area (Å²) < 4.78 is 9.90. The van der Waals surface area contributed by atoms with Crippen molar-refractivity contribution < 1.29 is 19.1 Å². The standard InChI is InChI=1S/C16H17NO5/c1-3-6-21-16(20)17-9-10(2)13-8-15(19)22-14-7-11(18)4-5-12(13)14/h3-5,7-8,10,18H,1,6,9H2,2H3,(H,17,20). The van der Waals surface area contributed by atoms with E-state index in [1.807, 2.05) is 6.92 Å². The Bertz CT molecular complexity index is 750. The lowest BCUT2D eigenvalue weighted by atomic mass is 9.98. The molecule has 0 saturated carbocycles. The second-order valence-corrected chi connectivity index (χ2v) is 4.87. The van der Waals surface area contributed by atoms with Crippen molar-refractivity contribution in [1.29, 1.82) is 0 Å². The Morgan fingerprint density at radius 2 is 2.27 bits per heavy atom. The Balaban J connectivity index is 2.20. The van der Waals surface area contributed by atoms with Crippen molar-refractivity contribution >= 4 is 17.1 Å². The molecule has 0 bridgehead atoms. The molecule has 0 fully saturated rings. The van der Waals surface area contributed by atoms with Crippen molar-refractivity contribution in [3.63, 3.8) is 0 Å². The van der Waals surface area contributed by atoms with Crippen molar-refractivity contribution in [2.24, 2.45) is 0 Å². The van der Waals surface area contributed by atoms with Gasteiger partial charge in [0.25, 0.3) is 0 Å². The monoisotopic (exact) mass is 303 g/mol. The molecule has 2 rings (SSSR count). The smallest absolute Gasteiger partial charge is 0.407 e. The van der Waals surface area contributed by atoms with E-state index in [2.05, 4.69) is 11.9 Å². The highest BCUT2D eigenvalue weighted by Crippen LogP contribution is 2.26. The zero-order valence-electron chi connectivity index (χ0n) is 12.2. The van der Waals surface area contributed by atoms with Crippen LogP contribution in [0.5, 0.6) is 5.75 Å². The molecule has 1 heterocycles. The minimum Gasteiger partial charge on any atom is -0.508 e. The van der Waals surface area contributed by atoms with Crippen LogP contribution in [0.15, 0.2) is 46.1 Å². The number of aromatic hydroxyl groups is 1. The van der Waals surface area contributed by atoms with Crippen molar-refractivity contribution in [2.45, 2.75) is 12.8 Å². The first-order chi connectivity index (χ1) is 10.5. The average Bonchev–Trinajstić information content (AvgIpc) is 2.49. The van der Waals surface area contributed by atoms with Crippen LogP contribution in [-0.4, -0.2) is 24.4 Å². The van der Waals surface area contributed by atoms with Crippen LogP contribution in [0.2, 0.25) is 0 Å². The van der Waals surface area contributed by atoms with Gasteiger partial charge < -0.3 is 19.6 Å². The lowest BCUT2D eigenvalue weighted by Gasteiger charge is -2.14. The van der Waals surface area contributed by atoms with E-state index in [-0.39, 0.29) is 18.3 Å². The zero-order valence-corrected chi connectivity index (χ0v) is 12.2. The predicted octanol–water partition coefficient (Wildman–Crippen LogP) is 2.51. The number of rotatable bonds is 5.